The molecule has 0 bridgehead atoms. The summed E-state index contributed by atoms with van der Waals surface area (Å²) in [4.78, 5) is 170. The molecule has 3 heterocycles. The Morgan fingerprint density at radius 3 is 1.89 bits per heavy atom. The molecule has 2 unspecified atom stereocenters. The first-order valence-corrected chi connectivity index (χ1v) is 28.6. The van der Waals surface area contributed by atoms with Crippen molar-refractivity contribution in [2.24, 2.45) is 29.2 Å². The van der Waals surface area contributed by atoms with Crippen LogP contribution in [0.1, 0.15) is 110 Å². The summed E-state index contributed by atoms with van der Waals surface area (Å²) in [5.74, 6) is -10.2. The molecule has 10 atom stereocenters. The van der Waals surface area contributed by atoms with Gasteiger partial charge >= 0.3 is 0 Å². The van der Waals surface area contributed by atoms with Gasteiger partial charge in [-0.2, -0.15) is 0 Å². The first-order chi connectivity index (χ1) is 39.9. The van der Waals surface area contributed by atoms with Crippen molar-refractivity contribution in [2.45, 2.75) is 160 Å². The molecule has 0 spiro atoms. The number of aromatic nitrogens is 2. The van der Waals surface area contributed by atoms with E-state index < -0.39 is 157 Å². The van der Waals surface area contributed by atoms with Crippen LogP contribution in [0.15, 0.2) is 36.8 Å². The van der Waals surface area contributed by atoms with E-state index in [9.17, 15) is 72.9 Å². The molecule has 9 amide bonds. The van der Waals surface area contributed by atoms with Crippen LogP contribution in [0.25, 0.3) is 0 Å². The number of phenols is 1. The van der Waals surface area contributed by atoms with Gasteiger partial charge in [0.05, 0.1) is 56.8 Å². The fraction of sp³-hybridized carbons (Fsp3) is 0.625. The SMILES string of the molecule is CC[C@H](NC(=O)[C@H](N)C(C)O)C(=O)N1CCC[C@@H]1C(=O)NC(Cc1cnc[nH]1)C(=O)C[C@@H](C(=O)N1CCC[C@H]1C(=O)C[C@H](Cc1ccc(O)cc1)C(=O)NCC(=O)NCC(=O)NCC(=O)N[C@H](CO)C(=O)N[C@@H](CCCCN)C(C)=O)C(C)C. The van der Waals surface area contributed by atoms with Gasteiger partial charge in [-0.25, -0.2) is 4.98 Å². The second kappa shape index (κ2) is 34.2. The molecule has 0 saturated carbocycles. The molecular formula is C56H85N13O15. The molecule has 2 saturated heterocycles. The number of imidazole rings is 1. The summed E-state index contributed by atoms with van der Waals surface area (Å²) >= 11 is 0. The molecule has 2 aromatic rings. The number of amides is 9. The summed E-state index contributed by atoms with van der Waals surface area (Å²) in [6, 6.07) is -1.88. The predicted molar refractivity (Wildman–Crippen MR) is 302 cm³/mol. The second-order valence-corrected chi connectivity index (χ2v) is 21.7. The van der Waals surface area contributed by atoms with Gasteiger partial charge in [-0.15, -0.1) is 0 Å². The topological polar surface area (TPSA) is 437 Å². The van der Waals surface area contributed by atoms with Crippen LogP contribution in [0, 0.1) is 17.8 Å². The molecule has 28 heteroatoms. The van der Waals surface area contributed by atoms with Crippen molar-refractivity contribution in [1.29, 1.82) is 0 Å². The monoisotopic (exact) mass is 1180 g/mol. The van der Waals surface area contributed by atoms with Crippen LogP contribution in [0.5, 0.6) is 5.75 Å². The fourth-order valence-electron chi connectivity index (χ4n) is 9.93. The smallest absolute Gasteiger partial charge is 0.245 e. The average Bonchev–Trinajstić information content (AvgIpc) is 3.86. The zero-order valence-corrected chi connectivity index (χ0v) is 48.5. The Balaban J connectivity index is 1.38. The number of hydrogen-bond acceptors (Lipinski definition) is 18. The summed E-state index contributed by atoms with van der Waals surface area (Å²) in [7, 11) is 0. The molecule has 1 aromatic carbocycles. The highest BCUT2D eigenvalue weighted by Crippen LogP contribution is 2.29. The van der Waals surface area contributed by atoms with Crippen LogP contribution in [-0.4, -0.2) is 200 Å². The van der Waals surface area contributed by atoms with Crippen molar-refractivity contribution in [3.63, 3.8) is 0 Å². The number of carbonyl (C=O) groups is 12. The molecule has 2 fully saturated rings. The molecule has 15 N–H and O–H groups in total. The number of nitrogens with zero attached hydrogens (tertiary/aromatic N) is 3. The van der Waals surface area contributed by atoms with Gasteiger partial charge in [-0.05, 0) is 102 Å². The molecule has 84 heavy (non-hydrogen) atoms. The van der Waals surface area contributed by atoms with Crippen molar-refractivity contribution in [3.8, 4) is 5.75 Å². The van der Waals surface area contributed by atoms with Gasteiger partial charge in [0.25, 0.3) is 0 Å². The minimum absolute atomic E-state index is 0.0245. The Morgan fingerprint density at radius 1 is 0.714 bits per heavy atom. The number of rotatable bonds is 35. The van der Waals surface area contributed by atoms with E-state index in [1.807, 2.05) is 0 Å². The van der Waals surface area contributed by atoms with E-state index in [-0.39, 0.29) is 69.6 Å². The van der Waals surface area contributed by atoms with Gasteiger partial charge < -0.3 is 78.8 Å². The number of unbranched alkanes of at least 4 members (excludes halogenated alkanes) is 1. The molecule has 28 nitrogen and oxygen atoms in total. The lowest BCUT2D eigenvalue weighted by Crippen LogP contribution is -2.58. The Bertz CT molecular complexity index is 2600. The number of phenolic OH excluding ortho intramolecular Hbond substituents is 1. The van der Waals surface area contributed by atoms with Gasteiger partial charge in [0, 0.05) is 56.1 Å². The maximum absolute atomic E-state index is 14.6. The summed E-state index contributed by atoms with van der Waals surface area (Å²) in [6.45, 7) is 5.85. The Morgan fingerprint density at radius 2 is 1.32 bits per heavy atom. The summed E-state index contributed by atoms with van der Waals surface area (Å²) in [5.41, 5.74) is 12.4. The number of benzene rings is 1. The quantitative estimate of drug-likeness (QED) is 0.0302. The molecule has 1 aromatic heterocycles. The number of nitrogens with two attached hydrogens (primary N) is 2. The van der Waals surface area contributed by atoms with E-state index in [2.05, 4.69) is 47.2 Å². The average molecular weight is 1180 g/mol. The van der Waals surface area contributed by atoms with E-state index in [0.29, 0.717) is 49.9 Å². The van der Waals surface area contributed by atoms with Crippen molar-refractivity contribution < 1.29 is 72.9 Å². The lowest BCUT2D eigenvalue weighted by atomic mass is 9.86. The number of hydrogen-bond donors (Lipinski definition) is 13. The van der Waals surface area contributed by atoms with Crippen molar-refractivity contribution in [1.82, 2.24) is 57.0 Å². The number of likely N-dealkylation sites (tertiary alicyclic amines) is 2. The number of aromatic hydroxyl groups is 1. The molecule has 464 valence electrons. The Hall–Kier alpha value is -7.69. The number of ketones is 3. The number of aromatic amines is 1. The zero-order chi connectivity index (χ0) is 62.2. The maximum Gasteiger partial charge on any atom is 0.245 e. The van der Waals surface area contributed by atoms with Crippen LogP contribution >= 0.6 is 0 Å². The molecule has 0 aliphatic carbocycles. The second-order valence-electron chi connectivity index (χ2n) is 21.7. The number of aliphatic hydroxyl groups is 2. The van der Waals surface area contributed by atoms with Gasteiger partial charge in [0.2, 0.25) is 53.2 Å². The highest BCUT2D eigenvalue weighted by molar-refractivity contribution is 5.99. The van der Waals surface area contributed by atoms with Gasteiger partial charge in [0.1, 0.15) is 29.9 Å². The zero-order valence-electron chi connectivity index (χ0n) is 48.5. The highest BCUT2D eigenvalue weighted by atomic mass is 16.3. The van der Waals surface area contributed by atoms with E-state index in [1.54, 1.807) is 32.9 Å². The summed E-state index contributed by atoms with van der Waals surface area (Å²) < 4.78 is 0. The van der Waals surface area contributed by atoms with E-state index >= 15 is 0 Å². The third-order valence-electron chi connectivity index (χ3n) is 15.0. The van der Waals surface area contributed by atoms with Gasteiger partial charge in [-0.3, -0.25) is 57.5 Å². The molecule has 4 rings (SSSR count). The number of nitrogens with one attached hydrogen (secondary N) is 8. The molecule has 0 radical (unpaired) electrons. The maximum atomic E-state index is 14.6. The largest absolute Gasteiger partial charge is 0.508 e. The van der Waals surface area contributed by atoms with Crippen molar-refractivity contribution in [2.75, 3.05) is 45.9 Å². The lowest BCUT2D eigenvalue weighted by molar-refractivity contribution is -0.145. The molecule has 2 aliphatic heterocycles. The van der Waals surface area contributed by atoms with Crippen molar-refractivity contribution in [3.05, 3.63) is 48.0 Å². The van der Waals surface area contributed by atoms with Gasteiger partial charge in [-0.1, -0.05) is 32.9 Å². The highest BCUT2D eigenvalue weighted by Gasteiger charge is 2.43. The predicted octanol–water partition coefficient (Wildman–Crippen LogP) is -3.19. The third-order valence-corrected chi connectivity index (χ3v) is 15.0. The Labute approximate surface area is 487 Å². The number of Topliss-reactive ketones (excluding diaryl/α,β-unsaturated/α-hetero) is 3. The van der Waals surface area contributed by atoms with E-state index in [4.69, 9.17) is 11.5 Å². The van der Waals surface area contributed by atoms with Crippen LogP contribution in [-0.2, 0) is 70.4 Å². The van der Waals surface area contributed by atoms with Crippen LogP contribution in [0.3, 0.4) is 0 Å². The molecular weight excluding hydrogens is 1090 g/mol. The Kier molecular flexibility index (Phi) is 28.0. The van der Waals surface area contributed by atoms with Gasteiger partial charge in [0.15, 0.2) is 17.3 Å². The number of H-pyrrole nitrogens is 1. The first kappa shape index (κ1) is 68.8. The minimum atomic E-state index is -1.44. The summed E-state index contributed by atoms with van der Waals surface area (Å²) in [6.07, 6.45) is 3.97. The number of carbonyl (C=O) groups excluding carboxylic acids is 12. The van der Waals surface area contributed by atoms with Crippen molar-refractivity contribution >= 4 is 70.5 Å². The standard InChI is InChI=1S/C56H85N13O15/c1-6-39(65-54(82)50(58)33(5)72)56(84)69-20-10-13-44(69)53(81)67-41(23-36-25-59-30-63-36)45(74)24-38(31(2)3)55(83)68-19-9-12-43(68)46(75)22-35(21-34-14-16-37(73)17-15-34)51(79)62-27-48(77)60-26-47(76)61-28-49(78)64-42(29-70)52(80)66-40(32(4)71)11-7-8-18-57/h14-17,25,30-31,33,35,38-44,50,70,72-73H,6-13,18-24,26-29,57-58H2,1-5H3,(H,59,63)(H,60,77)(H,61,76)(H,62,79)(H,64,78)(H,65,82)(H,66,80)(H,67,81)/t33?,35-,38+,39-,40-,41?,42+,43-,44+,50+/m0/s1. The first-order valence-electron chi connectivity index (χ1n) is 28.6. The molecule has 2 aliphatic rings. The third kappa shape index (κ3) is 21.2. The van der Waals surface area contributed by atoms with Crippen LogP contribution < -0.4 is 48.7 Å². The summed E-state index contributed by atoms with van der Waals surface area (Å²) in [5, 5.41) is 46.7. The van der Waals surface area contributed by atoms with Crippen LogP contribution in [0.2, 0.25) is 0 Å². The number of aliphatic hydroxyl groups excluding tert-OH is 2. The van der Waals surface area contributed by atoms with E-state index in [0.717, 1.165) is 0 Å². The fourth-order valence-corrected chi connectivity index (χ4v) is 9.93. The lowest BCUT2D eigenvalue weighted by Gasteiger charge is -2.32. The van der Waals surface area contributed by atoms with Crippen LogP contribution in [0.4, 0.5) is 0 Å². The minimum Gasteiger partial charge on any atom is -0.508 e. The van der Waals surface area contributed by atoms with E-state index in [1.165, 1.54) is 48.3 Å². The normalized spacial score (nSPS) is 17.7.